The lowest BCUT2D eigenvalue weighted by molar-refractivity contribution is 0.0174. The average molecular weight is 502 g/mol. The van der Waals surface area contributed by atoms with Gasteiger partial charge in [0.05, 0.1) is 6.54 Å². The van der Waals surface area contributed by atoms with Gasteiger partial charge in [-0.05, 0) is 13.3 Å². The van der Waals surface area contributed by atoms with Crippen LogP contribution in [0, 0.1) is 0 Å². The molecule has 0 saturated carbocycles. The molecule has 9 heteroatoms. The van der Waals surface area contributed by atoms with Crippen molar-refractivity contribution in [1.29, 1.82) is 0 Å². The van der Waals surface area contributed by atoms with E-state index in [1.54, 1.807) is 0 Å². The highest BCUT2D eigenvalue weighted by Crippen LogP contribution is 2.20. The third kappa shape index (κ3) is 4.79. The summed E-state index contributed by atoms with van der Waals surface area (Å²) in [7, 11) is 0. The number of nitrogens with zero attached hydrogens (tertiary/aromatic N) is 6. The fourth-order valence-corrected chi connectivity index (χ4v) is 4.50. The molecular weight excluding hydrogens is 467 g/mol. The number of rotatable bonds is 5. The predicted octanol–water partition coefficient (Wildman–Crippen LogP) is 0.889. The molecule has 0 spiro atoms. The van der Waals surface area contributed by atoms with E-state index in [1.165, 1.54) is 26.2 Å². The second-order valence-corrected chi connectivity index (χ2v) is 8.33. The van der Waals surface area contributed by atoms with Crippen molar-refractivity contribution < 1.29 is 0 Å². The molecule has 1 aromatic heterocycles. The van der Waals surface area contributed by atoms with Crippen LogP contribution in [0.4, 0.5) is 0 Å². The smallest absolute Gasteiger partial charge is 0.191 e. The van der Waals surface area contributed by atoms with Crippen LogP contribution in [0.2, 0.25) is 0 Å². The lowest BCUT2D eigenvalue weighted by Gasteiger charge is -2.47. The first kappa shape index (κ1) is 21.8. The van der Waals surface area contributed by atoms with Gasteiger partial charge in [0.25, 0.3) is 0 Å². The number of hydrogen-bond acceptors (Lipinski definition) is 5. The summed E-state index contributed by atoms with van der Waals surface area (Å²) in [5, 5.41) is 15.9. The Hall–Kier alpha value is -0.940. The molecule has 4 aliphatic rings. The largest absolute Gasteiger partial charge is 0.357 e. The highest BCUT2D eigenvalue weighted by atomic mass is 127. The maximum Gasteiger partial charge on any atom is 0.191 e. The lowest BCUT2D eigenvalue weighted by atomic mass is 10.1. The molecule has 2 bridgehead atoms. The van der Waals surface area contributed by atoms with Crippen molar-refractivity contribution in [1.82, 2.24) is 35.2 Å². The number of fused-ring (bicyclic) bond motifs is 4. The van der Waals surface area contributed by atoms with Gasteiger partial charge in [0.15, 0.2) is 5.96 Å². The van der Waals surface area contributed by atoms with E-state index in [2.05, 4.69) is 56.0 Å². The second kappa shape index (κ2) is 9.71. The molecule has 0 radical (unpaired) electrons. The van der Waals surface area contributed by atoms with Gasteiger partial charge in [-0.3, -0.25) is 14.8 Å². The van der Waals surface area contributed by atoms with Gasteiger partial charge in [-0.1, -0.05) is 13.8 Å². The number of nitrogens with one attached hydrogen (secondary N) is 2. The standard InChI is InChI=1S/C19H34N8.HI/c1-4-20-19(21-11-16-13-25-7-9-26(16)10-8-25)22-15-5-6-17-23-24-18(14(2)3)27(17)12-15;/h14-16H,4-13H2,1-3H3,(H2,20,21,22);1H. The van der Waals surface area contributed by atoms with Crippen LogP contribution in [0.1, 0.15) is 44.8 Å². The van der Waals surface area contributed by atoms with Crippen LogP contribution < -0.4 is 10.6 Å². The van der Waals surface area contributed by atoms with Crippen molar-refractivity contribution in [3.8, 4) is 0 Å². The number of aryl methyl sites for hydroxylation is 1. The van der Waals surface area contributed by atoms with Gasteiger partial charge < -0.3 is 15.2 Å². The van der Waals surface area contributed by atoms with Gasteiger partial charge in [-0.25, -0.2) is 0 Å². The Balaban J connectivity index is 0.00000225. The molecule has 4 aliphatic heterocycles. The molecule has 3 saturated heterocycles. The molecule has 158 valence electrons. The molecule has 2 atom stereocenters. The molecule has 2 N–H and O–H groups in total. The van der Waals surface area contributed by atoms with Gasteiger partial charge >= 0.3 is 0 Å². The maximum absolute atomic E-state index is 4.94. The number of piperazine rings is 3. The quantitative estimate of drug-likeness (QED) is 0.354. The second-order valence-electron chi connectivity index (χ2n) is 8.33. The predicted molar refractivity (Wildman–Crippen MR) is 123 cm³/mol. The summed E-state index contributed by atoms with van der Waals surface area (Å²) in [6.07, 6.45) is 2.05. The van der Waals surface area contributed by atoms with E-state index < -0.39 is 0 Å². The number of aliphatic imine (C=N–C) groups is 1. The summed E-state index contributed by atoms with van der Waals surface area (Å²) in [6.45, 7) is 15.2. The molecule has 2 unspecified atom stereocenters. The number of guanidine groups is 1. The molecule has 3 fully saturated rings. The van der Waals surface area contributed by atoms with Crippen LogP contribution in [0.25, 0.3) is 0 Å². The molecule has 0 amide bonds. The van der Waals surface area contributed by atoms with Crippen LogP contribution in [0.3, 0.4) is 0 Å². The molecular formula is C19H35IN8. The Labute approximate surface area is 185 Å². The first-order chi connectivity index (χ1) is 13.1. The minimum Gasteiger partial charge on any atom is -0.357 e. The summed E-state index contributed by atoms with van der Waals surface area (Å²) in [6, 6.07) is 0.932. The maximum atomic E-state index is 4.94. The fraction of sp³-hybridized carbons (Fsp3) is 0.842. The Morgan fingerprint density at radius 1 is 1.18 bits per heavy atom. The zero-order valence-electron chi connectivity index (χ0n) is 17.4. The van der Waals surface area contributed by atoms with Crippen LogP contribution in [-0.2, 0) is 13.0 Å². The summed E-state index contributed by atoms with van der Waals surface area (Å²) >= 11 is 0. The summed E-state index contributed by atoms with van der Waals surface area (Å²) < 4.78 is 2.30. The monoisotopic (exact) mass is 502 g/mol. The zero-order valence-corrected chi connectivity index (χ0v) is 19.7. The molecule has 8 nitrogen and oxygen atoms in total. The van der Waals surface area contributed by atoms with E-state index in [0.717, 1.165) is 56.6 Å². The van der Waals surface area contributed by atoms with Gasteiger partial charge in [0.2, 0.25) is 0 Å². The van der Waals surface area contributed by atoms with Crippen LogP contribution in [-0.4, -0.2) is 88.4 Å². The summed E-state index contributed by atoms with van der Waals surface area (Å²) in [4.78, 5) is 10.1. The van der Waals surface area contributed by atoms with Crippen molar-refractivity contribution >= 4 is 29.9 Å². The van der Waals surface area contributed by atoms with E-state index in [1.807, 2.05) is 0 Å². The van der Waals surface area contributed by atoms with Gasteiger partial charge in [-0.15, -0.1) is 34.2 Å². The van der Waals surface area contributed by atoms with Crippen molar-refractivity contribution in [2.75, 3.05) is 45.8 Å². The minimum absolute atomic E-state index is 0. The summed E-state index contributed by atoms with van der Waals surface area (Å²) in [5.74, 6) is 3.57. The number of hydrogen-bond donors (Lipinski definition) is 2. The molecule has 0 aliphatic carbocycles. The Bertz CT molecular complexity index is 665. The Morgan fingerprint density at radius 2 is 1.96 bits per heavy atom. The SMILES string of the molecule is CCNC(=NCC1CN2CCN1CC2)NC1CCc2nnc(C(C)C)n2C1.I. The van der Waals surface area contributed by atoms with Crippen molar-refractivity contribution in [2.45, 2.75) is 58.2 Å². The zero-order chi connectivity index (χ0) is 18.8. The van der Waals surface area contributed by atoms with E-state index in [9.17, 15) is 0 Å². The normalized spacial score (nSPS) is 29.4. The first-order valence-corrected chi connectivity index (χ1v) is 10.6. The fourth-order valence-electron chi connectivity index (χ4n) is 4.50. The number of aromatic nitrogens is 3. The molecule has 5 rings (SSSR count). The topological polar surface area (TPSA) is 73.6 Å². The Kier molecular flexibility index (Phi) is 7.54. The van der Waals surface area contributed by atoms with Gasteiger partial charge in [0.1, 0.15) is 11.6 Å². The van der Waals surface area contributed by atoms with E-state index >= 15 is 0 Å². The molecule has 1 aromatic rings. The van der Waals surface area contributed by atoms with Gasteiger partial charge in [0, 0.05) is 70.2 Å². The minimum atomic E-state index is 0. The van der Waals surface area contributed by atoms with Gasteiger partial charge in [-0.2, -0.15) is 0 Å². The van der Waals surface area contributed by atoms with Crippen LogP contribution in [0.15, 0.2) is 4.99 Å². The van der Waals surface area contributed by atoms with Crippen molar-refractivity contribution in [3.05, 3.63) is 11.6 Å². The summed E-state index contributed by atoms with van der Waals surface area (Å²) in [5.41, 5.74) is 0. The highest BCUT2D eigenvalue weighted by molar-refractivity contribution is 14.0. The van der Waals surface area contributed by atoms with E-state index in [4.69, 9.17) is 4.99 Å². The molecule has 5 heterocycles. The van der Waals surface area contributed by atoms with E-state index in [-0.39, 0.29) is 24.0 Å². The van der Waals surface area contributed by atoms with Crippen molar-refractivity contribution in [2.24, 2.45) is 4.99 Å². The third-order valence-electron chi connectivity index (χ3n) is 6.03. The average Bonchev–Trinajstić information content (AvgIpc) is 3.11. The first-order valence-electron chi connectivity index (χ1n) is 10.6. The van der Waals surface area contributed by atoms with Crippen molar-refractivity contribution in [3.63, 3.8) is 0 Å². The molecule has 0 aromatic carbocycles. The Morgan fingerprint density at radius 3 is 2.61 bits per heavy atom. The van der Waals surface area contributed by atoms with E-state index in [0.29, 0.717) is 18.0 Å². The van der Waals surface area contributed by atoms with Crippen LogP contribution in [0.5, 0.6) is 0 Å². The highest BCUT2D eigenvalue weighted by Gasteiger charge is 2.31. The third-order valence-corrected chi connectivity index (χ3v) is 6.03. The molecule has 28 heavy (non-hydrogen) atoms. The van der Waals surface area contributed by atoms with Crippen LogP contribution >= 0.6 is 24.0 Å². The number of halogens is 1. The lowest BCUT2D eigenvalue weighted by Crippen LogP contribution is -2.62.